The summed E-state index contributed by atoms with van der Waals surface area (Å²) in [6.45, 7) is 2.10. The molecule has 2 amide bonds. The average molecular weight is 488 g/mol. The molecule has 2 heterocycles. The molecule has 0 aliphatic heterocycles. The molecule has 0 radical (unpaired) electrons. The Balaban J connectivity index is 1.38. The van der Waals surface area contributed by atoms with Gasteiger partial charge in [0.1, 0.15) is 5.69 Å². The number of amides is 2. The maximum atomic E-state index is 12.9. The summed E-state index contributed by atoms with van der Waals surface area (Å²) in [7, 11) is 5.79. The summed E-state index contributed by atoms with van der Waals surface area (Å²) in [5.74, 6) is -0.276. The van der Waals surface area contributed by atoms with Crippen molar-refractivity contribution >= 4 is 39.3 Å². The molecule has 0 aliphatic rings. The molecule has 0 saturated carbocycles. The molecule has 4 rings (SSSR count). The fraction of sp³-hybridized carbons (Fsp3) is 0.321. The first-order chi connectivity index (χ1) is 17.3. The lowest BCUT2D eigenvalue weighted by atomic mass is 10.1. The molecule has 0 unspecified atom stereocenters. The van der Waals surface area contributed by atoms with Gasteiger partial charge < -0.3 is 24.7 Å². The Bertz CT molecular complexity index is 1390. The van der Waals surface area contributed by atoms with E-state index in [0.717, 1.165) is 24.0 Å². The third-order valence-electron chi connectivity index (χ3n) is 6.25. The van der Waals surface area contributed by atoms with Crippen LogP contribution in [0.1, 0.15) is 29.8 Å². The monoisotopic (exact) mass is 487 g/mol. The van der Waals surface area contributed by atoms with Crippen molar-refractivity contribution in [3.63, 3.8) is 0 Å². The summed E-state index contributed by atoms with van der Waals surface area (Å²) >= 11 is 0. The molecule has 0 saturated heterocycles. The maximum absolute atomic E-state index is 12.9. The fourth-order valence-corrected chi connectivity index (χ4v) is 4.49. The minimum atomic E-state index is -0.159. The van der Waals surface area contributed by atoms with Crippen molar-refractivity contribution in [2.45, 2.75) is 25.8 Å². The van der Waals surface area contributed by atoms with E-state index in [2.05, 4.69) is 20.1 Å². The van der Waals surface area contributed by atoms with Crippen LogP contribution in [-0.4, -0.2) is 53.0 Å². The number of aryl methyl sites for hydroxylation is 2. The third-order valence-corrected chi connectivity index (χ3v) is 6.25. The predicted molar refractivity (Wildman–Crippen MR) is 144 cm³/mol. The van der Waals surface area contributed by atoms with Crippen LogP contribution < -0.4 is 16.1 Å². The average Bonchev–Trinajstić information content (AvgIpc) is 3.23. The summed E-state index contributed by atoms with van der Waals surface area (Å²) in [5, 5.41) is 7.18. The lowest BCUT2D eigenvalue weighted by Crippen LogP contribution is -2.28. The molecule has 188 valence electrons. The predicted octanol–water partition coefficient (Wildman–Crippen LogP) is 3.59. The number of pyridine rings is 1. The van der Waals surface area contributed by atoms with Crippen LogP contribution in [0.25, 0.3) is 21.8 Å². The second-order valence-corrected chi connectivity index (χ2v) is 9.30. The Kier molecular flexibility index (Phi) is 7.85. The van der Waals surface area contributed by atoms with Crippen LogP contribution in [0.4, 0.5) is 5.69 Å². The topological polar surface area (TPSA) is 88.4 Å². The van der Waals surface area contributed by atoms with Gasteiger partial charge in [0.25, 0.3) is 5.91 Å². The lowest BCUT2D eigenvalue weighted by Gasteiger charge is -2.15. The zero-order chi connectivity index (χ0) is 25.7. The smallest absolute Gasteiger partial charge is 0.267 e. The molecule has 0 spiro atoms. The van der Waals surface area contributed by atoms with E-state index in [9.17, 15) is 14.4 Å². The highest BCUT2D eigenvalue weighted by atomic mass is 16.2. The van der Waals surface area contributed by atoms with Gasteiger partial charge in [0.2, 0.25) is 5.91 Å². The van der Waals surface area contributed by atoms with Crippen LogP contribution in [0, 0.1) is 0 Å². The van der Waals surface area contributed by atoms with E-state index in [-0.39, 0.29) is 17.2 Å². The molecule has 36 heavy (non-hydrogen) atoms. The van der Waals surface area contributed by atoms with Gasteiger partial charge in [-0.1, -0.05) is 24.3 Å². The van der Waals surface area contributed by atoms with Gasteiger partial charge in [-0.25, -0.2) is 0 Å². The van der Waals surface area contributed by atoms with Crippen LogP contribution in [-0.2, 0) is 18.4 Å². The first kappa shape index (κ1) is 25.2. The van der Waals surface area contributed by atoms with Crippen molar-refractivity contribution in [3.8, 4) is 0 Å². The zero-order valence-corrected chi connectivity index (χ0v) is 21.1. The highest BCUT2D eigenvalue weighted by Gasteiger charge is 2.14. The van der Waals surface area contributed by atoms with Gasteiger partial charge >= 0.3 is 0 Å². The van der Waals surface area contributed by atoms with E-state index in [1.807, 2.05) is 62.6 Å². The molecule has 4 aromatic rings. The molecule has 2 aromatic heterocycles. The van der Waals surface area contributed by atoms with Gasteiger partial charge in [-0.15, -0.1) is 0 Å². The van der Waals surface area contributed by atoms with E-state index in [1.54, 1.807) is 23.9 Å². The van der Waals surface area contributed by atoms with Crippen LogP contribution in [0.2, 0.25) is 0 Å². The third kappa shape index (κ3) is 5.66. The van der Waals surface area contributed by atoms with E-state index < -0.39 is 0 Å². The minimum absolute atomic E-state index is 0.0248. The number of para-hydroxylation sites is 2. The number of nitrogens with one attached hydrogen (secondary N) is 2. The van der Waals surface area contributed by atoms with Crippen molar-refractivity contribution < 1.29 is 9.59 Å². The first-order valence-corrected chi connectivity index (χ1v) is 12.2. The maximum Gasteiger partial charge on any atom is 0.267 e. The molecule has 0 atom stereocenters. The number of benzene rings is 2. The van der Waals surface area contributed by atoms with Gasteiger partial charge in [-0.3, -0.25) is 14.4 Å². The van der Waals surface area contributed by atoms with Gasteiger partial charge in [-0.05, 0) is 63.8 Å². The van der Waals surface area contributed by atoms with Gasteiger partial charge in [0.05, 0.1) is 16.7 Å². The van der Waals surface area contributed by atoms with Crippen molar-refractivity contribution in [1.29, 1.82) is 0 Å². The number of rotatable bonds is 10. The van der Waals surface area contributed by atoms with E-state index >= 15 is 0 Å². The molecule has 0 aliphatic carbocycles. The van der Waals surface area contributed by atoms with Crippen LogP contribution in [0.5, 0.6) is 0 Å². The van der Waals surface area contributed by atoms with Gasteiger partial charge in [-0.2, -0.15) is 0 Å². The summed E-state index contributed by atoms with van der Waals surface area (Å²) < 4.78 is 3.83. The second-order valence-electron chi connectivity index (χ2n) is 9.30. The number of carbonyl (C=O) groups is 2. The number of anilines is 1. The Labute approximate surface area is 210 Å². The number of hydrogen-bond donors (Lipinski definition) is 2. The number of carbonyl (C=O) groups excluding carboxylic acids is 2. The van der Waals surface area contributed by atoms with E-state index in [0.29, 0.717) is 48.1 Å². The minimum Gasteiger partial charge on any atom is -0.351 e. The second kappa shape index (κ2) is 11.2. The fourth-order valence-electron chi connectivity index (χ4n) is 4.49. The Morgan fingerprint density at radius 2 is 1.58 bits per heavy atom. The van der Waals surface area contributed by atoms with Crippen LogP contribution >= 0.6 is 0 Å². The van der Waals surface area contributed by atoms with Gasteiger partial charge in [0, 0.05) is 43.5 Å². The van der Waals surface area contributed by atoms with Crippen molar-refractivity contribution in [2.24, 2.45) is 7.05 Å². The molecule has 8 heteroatoms. The van der Waals surface area contributed by atoms with Crippen LogP contribution in [0.15, 0.2) is 65.6 Å². The Morgan fingerprint density at radius 1 is 0.944 bits per heavy atom. The standard InChI is InChI=1S/C28H33N5O3/c1-31(2)16-9-15-29-28(36)25-18-20(19-32(25)3)30-26(34)14-8-17-33-23-12-6-4-10-21(23)27(35)22-11-5-7-13-24(22)33/h4-7,10-13,18-19H,8-9,14-17H2,1-3H3,(H,29,36)(H,30,34). The molecule has 0 fully saturated rings. The number of fused-ring (bicyclic) bond motifs is 2. The highest BCUT2D eigenvalue weighted by Crippen LogP contribution is 2.20. The van der Waals surface area contributed by atoms with Crippen LogP contribution in [0.3, 0.4) is 0 Å². The molecule has 2 N–H and O–H groups in total. The lowest BCUT2D eigenvalue weighted by molar-refractivity contribution is -0.116. The van der Waals surface area contributed by atoms with Crippen molar-refractivity contribution in [3.05, 3.63) is 76.7 Å². The van der Waals surface area contributed by atoms with Crippen molar-refractivity contribution in [1.82, 2.24) is 19.4 Å². The molecule has 0 bridgehead atoms. The Hall–Kier alpha value is -3.91. The summed E-state index contributed by atoms with van der Waals surface area (Å²) in [5.41, 5.74) is 2.86. The molecule has 8 nitrogen and oxygen atoms in total. The summed E-state index contributed by atoms with van der Waals surface area (Å²) in [4.78, 5) is 40.1. The van der Waals surface area contributed by atoms with E-state index in [1.165, 1.54) is 0 Å². The number of aromatic nitrogens is 2. The first-order valence-electron chi connectivity index (χ1n) is 12.2. The quantitative estimate of drug-likeness (QED) is 0.264. The molecule has 2 aromatic carbocycles. The summed E-state index contributed by atoms with van der Waals surface area (Å²) in [6, 6.07) is 16.9. The Morgan fingerprint density at radius 3 is 2.22 bits per heavy atom. The zero-order valence-electron chi connectivity index (χ0n) is 21.1. The number of nitrogens with zero attached hydrogens (tertiary/aromatic N) is 3. The van der Waals surface area contributed by atoms with E-state index in [4.69, 9.17) is 0 Å². The number of hydrogen-bond acceptors (Lipinski definition) is 4. The molecular formula is C28H33N5O3. The normalized spacial score (nSPS) is 11.3. The SMILES string of the molecule is CN(C)CCCNC(=O)c1cc(NC(=O)CCCn2c3ccccc3c(=O)c3ccccc32)cn1C. The largest absolute Gasteiger partial charge is 0.351 e. The highest BCUT2D eigenvalue weighted by molar-refractivity contribution is 5.97. The summed E-state index contributed by atoms with van der Waals surface area (Å²) in [6.07, 6.45) is 3.53. The van der Waals surface area contributed by atoms with Gasteiger partial charge in [0.15, 0.2) is 5.43 Å². The van der Waals surface area contributed by atoms with Crippen molar-refractivity contribution in [2.75, 3.05) is 32.5 Å². The molecular weight excluding hydrogens is 454 g/mol.